The van der Waals surface area contributed by atoms with Gasteiger partial charge < -0.3 is 0 Å². The molecule has 17 heavy (non-hydrogen) atoms. The average Bonchev–Trinajstić information content (AvgIpc) is 2.91. The maximum atomic E-state index is 12.5. The second kappa shape index (κ2) is 5.48. The van der Waals surface area contributed by atoms with Gasteiger partial charge in [0.2, 0.25) is 0 Å². The first kappa shape index (κ1) is 12.3. The quantitative estimate of drug-likeness (QED) is 0.709. The van der Waals surface area contributed by atoms with Crippen LogP contribution in [-0.4, -0.2) is 5.78 Å². The van der Waals surface area contributed by atoms with Gasteiger partial charge in [-0.05, 0) is 42.9 Å². The number of hydrogen-bond acceptors (Lipinski definition) is 1. The van der Waals surface area contributed by atoms with Crippen molar-refractivity contribution >= 4 is 5.78 Å². The van der Waals surface area contributed by atoms with E-state index in [1.165, 1.54) is 24.0 Å². The molecule has 1 aliphatic carbocycles. The van der Waals surface area contributed by atoms with E-state index < -0.39 is 0 Å². The highest BCUT2D eigenvalue weighted by Gasteiger charge is 2.25. The molecule has 1 aromatic rings. The SMILES string of the molecule is CCc1ccc(CC)c(C(=O)C2CCCC2)c1. The first-order valence-electron chi connectivity index (χ1n) is 6.92. The number of ketones is 1. The Balaban J connectivity index is 2.30. The van der Waals surface area contributed by atoms with Gasteiger partial charge in [0, 0.05) is 11.5 Å². The van der Waals surface area contributed by atoms with Gasteiger partial charge in [-0.15, -0.1) is 0 Å². The van der Waals surface area contributed by atoms with Crippen LogP contribution in [0.15, 0.2) is 18.2 Å². The number of rotatable bonds is 4. The van der Waals surface area contributed by atoms with Gasteiger partial charge in [-0.3, -0.25) is 4.79 Å². The third kappa shape index (κ3) is 2.59. The second-order valence-electron chi connectivity index (χ2n) is 5.04. The molecule has 0 amide bonds. The van der Waals surface area contributed by atoms with E-state index in [0.717, 1.165) is 31.2 Å². The van der Waals surface area contributed by atoms with Crippen LogP contribution in [0, 0.1) is 5.92 Å². The Labute approximate surface area is 104 Å². The molecule has 1 aliphatic rings. The molecule has 1 nitrogen and oxygen atoms in total. The molecule has 1 heteroatoms. The van der Waals surface area contributed by atoms with Crippen molar-refractivity contribution in [1.29, 1.82) is 0 Å². The normalized spacial score (nSPS) is 16.4. The number of carbonyl (C=O) groups is 1. The number of aryl methyl sites for hydroxylation is 2. The first-order chi connectivity index (χ1) is 8.26. The lowest BCUT2D eigenvalue weighted by atomic mass is 9.90. The van der Waals surface area contributed by atoms with E-state index in [9.17, 15) is 4.79 Å². The molecule has 1 fully saturated rings. The lowest BCUT2D eigenvalue weighted by Crippen LogP contribution is -2.13. The molecule has 1 saturated carbocycles. The van der Waals surface area contributed by atoms with Crippen LogP contribution in [0.2, 0.25) is 0 Å². The Hall–Kier alpha value is -1.11. The van der Waals surface area contributed by atoms with E-state index >= 15 is 0 Å². The van der Waals surface area contributed by atoms with Crippen molar-refractivity contribution in [1.82, 2.24) is 0 Å². The minimum absolute atomic E-state index is 0.299. The van der Waals surface area contributed by atoms with Gasteiger partial charge in [-0.1, -0.05) is 38.8 Å². The molecule has 0 spiro atoms. The Bertz CT molecular complexity index is 400. The maximum absolute atomic E-state index is 12.5. The van der Waals surface area contributed by atoms with Gasteiger partial charge in [0.1, 0.15) is 0 Å². The van der Waals surface area contributed by atoms with E-state index in [4.69, 9.17) is 0 Å². The van der Waals surface area contributed by atoms with Crippen molar-refractivity contribution in [3.8, 4) is 0 Å². The Morgan fingerprint density at radius 3 is 2.47 bits per heavy atom. The summed E-state index contributed by atoms with van der Waals surface area (Å²) in [4.78, 5) is 12.5. The number of benzene rings is 1. The Morgan fingerprint density at radius 1 is 1.18 bits per heavy atom. The smallest absolute Gasteiger partial charge is 0.166 e. The number of carbonyl (C=O) groups excluding carboxylic acids is 1. The highest BCUT2D eigenvalue weighted by atomic mass is 16.1. The van der Waals surface area contributed by atoms with Gasteiger partial charge in [0.05, 0.1) is 0 Å². The number of hydrogen-bond donors (Lipinski definition) is 0. The molecule has 0 heterocycles. The standard InChI is InChI=1S/C16H22O/c1-3-12-9-10-13(4-2)15(11-12)16(17)14-7-5-6-8-14/h9-11,14H,3-8H2,1-2H3. The minimum Gasteiger partial charge on any atom is -0.294 e. The Kier molecular flexibility index (Phi) is 3.98. The van der Waals surface area contributed by atoms with Crippen LogP contribution < -0.4 is 0 Å². The molecule has 2 rings (SSSR count). The molecule has 0 radical (unpaired) electrons. The molecule has 0 N–H and O–H groups in total. The van der Waals surface area contributed by atoms with E-state index in [-0.39, 0.29) is 0 Å². The maximum Gasteiger partial charge on any atom is 0.166 e. The number of Topliss-reactive ketones (excluding diaryl/α,β-unsaturated/α-hetero) is 1. The fourth-order valence-corrected chi connectivity index (χ4v) is 2.79. The van der Waals surface area contributed by atoms with Crippen LogP contribution in [0.25, 0.3) is 0 Å². The highest BCUT2D eigenvalue weighted by molar-refractivity contribution is 5.99. The third-order valence-corrected chi connectivity index (χ3v) is 3.95. The van der Waals surface area contributed by atoms with Gasteiger partial charge >= 0.3 is 0 Å². The molecule has 92 valence electrons. The molecule has 0 unspecified atom stereocenters. The zero-order valence-corrected chi connectivity index (χ0v) is 11.0. The van der Waals surface area contributed by atoms with Crippen molar-refractivity contribution in [2.75, 3.05) is 0 Å². The molecular weight excluding hydrogens is 208 g/mol. The van der Waals surface area contributed by atoms with Crippen LogP contribution in [0.4, 0.5) is 0 Å². The van der Waals surface area contributed by atoms with Crippen LogP contribution >= 0.6 is 0 Å². The van der Waals surface area contributed by atoms with Gasteiger partial charge in [0.25, 0.3) is 0 Å². The summed E-state index contributed by atoms with van der Waals surface area (Å²) < 4.78 is 0. The average molecular weight is 230 g/mol. The molecule has 0 atom stereocenters. The van der Waals surface area contributed by atoms with Gasteiger partial charge in [-0.2, -0.15) is 0 Å². The summed E-state index contributed by atoms with van der Waals surface area (Å²) in [7, 11) is 0. The summed E-state index contributed by atoms with van der Waals surface area (Å²) in [6.45, 7) is 4.27. The molecule has 0 aliphatic heterocycles. The van der Waals surface area contributed by atoms with E-state index in [1.54, 1.807) is 0 Å². The predicted molar refractivity (Wildman–Crippen MR) is 71.5 cm³/mol. The second-order valence-corrected chi connectivity index (χ2v) is 5.04. The molecule has 0 saturated heterocycles. The van der Waals surface area contributed by atoms with Crippen molar-refractivity contribution in [3.05, 3.63) is 34.9 Å². The molecular formula is C16H22O. The van der Waals surface area contributed by atoms with Gasteiger partial charge in [-0.25, -0.2) is 0 Å². The fourth-order valence-electron chi connectivity index (χ4n) is 2.79. The fraction of sp³-hybridized carbons (Fsp3) is 0.562. The first-order valence-corrected chi connectivity index (χ1v) is 6.92. The van der Waals surface area contributed by atoms with Crippen LogP contribution in [0.5, 0.6) is 0 Å². The molecule has 0 aromatic heterocycles. The predicted octanol–water partition coefficient (Wildman–Crippen LogP) is 4.18. The lowest BCUT2D eigenvalue weighted by molar-refractivity contribution is 0.0922. The van der Waals surface area contributed by atoms with Crippen LogP contribution in [0.1, 0.15) is 61.0 Å². The lowest BCUT2D eigenvalue weighted by Gasteiger charge is -2.13. The third-order valence-electron chi connectivity index (χ3n) is 3.95. The van der Waals surface area contributed by atoms with E-state index in [1.807, 2.05) is 0 Å². The minimum atomic E-state index is 0.299. The molecule has 1 aromatic carbocycles. The van der Waals surface area contributed by atoms with Crippen LogP contribution in [0.3, 0.4) is 0 Å². The van der Waals surface area contributed by atoms with Crippen molar-refractivity contribution in [2.45, 2.75) is 52.4 Å². The Morgan fingerprint density at radius 2 is 1.88 bits per heavy atom. The summed E-state index contributed by atoms with van der Waals surface area (Å²) in [6, 6.07) is 6.42. The zero-order valence-electron chi connectivity index (χ0n) is 11.0. The summed E-state index contributed by atoms with van der Waals surface area (Å²) in [5.74, 6) is 0.696. The topological polar surface area (TPSA) is 17.1 Å². The summed E-state index contributed by atoms with van der Waals surface area (Å²) in [5, 5.41) is 0. The monoisotopic (exact) mass is 230 g/mol. The molecule has 0 bridgehead atoms. The highest BCUT2D eigenvalue weighted by Crippen LogP contribution is 2.29. The summed E-state index contributed by atoms with van der Waals surface area (Å²) in [5.41, 5.74) is 3.50. The van der Waals surface area contributed by atoms with Crippen molar-refractivity contribution < 1.29 is 4.79 Å². The van der Waals surface area contributed by atoms with E-state index in [2.05, 4.69) is 32.0 Å². The van der Waals surface area contributed by atoms with Crippen molar-refractivity contribution in [2.24, 2.45) is 5.92 Å². The van der Waals surface area contributed by atoms with Crippen LogP contribution in [-0.2, 0) is 12.8 Å². The summed E-state index contributed by atoms with van der Waals surface area (Å²) >= 11 is 0. The van der Waals surface area contributed by atoms with E-state index in [0.29, 0.717) is 11.7 Å². The largest absolute Gasteiger partial charge is 0.294 e. The van der Waals surface area contributed by atoms with Crippen molar-refractivity contribution in [3.63, 3.8) is 0 Å². The zero-order chi connectivity index (χ0) is 12.3. The van der Waals surface area contributed by atoms with Gasteiger partial charge in [0.15, 0.2) is 5.78 Å². The summed E-state index contributed by atoms with van der Waals surface area (Å²) in [6.07, 6.45) is 6.61.